The molecule has 0 bridgehead atoms. The van der Waals surface area contributed by atoms with Crippen LogP contribution in [0.4, 0.5) is 0 Å². The van der Waals surface area contributed by atoms with Crippen LogP contribution in [0.25, 0.3) is 0 Å². The number of ketones is 1. The quantitative estimate of drug-likeness (QED) is 0.184. The fraction of sp³-hybridized carbons (Fsp3) is 0.300. The van der Waals surface area contributed by atoms with Gasteiger partial charge >= 0.3 is 0 Å². The fourth-order valence-electron chi connectivity index (χ4n) is 4.08. The largest absolute Gasteiger partial charge is 0.384 e. The van der Waals surface area contributed by atoms with Crippen LogP contribution in [-0.2, 0) is 29.0 Å². The monoisotopic (exact) mass is 518 g/mol. The van der Waals surface area contributed by atoms with Gasteiger partial charge in [-0.1, -0.05) is 85.3 Å². The molecule has 0 fully saturated rings. The Balaban J connectivity index is 1.53. The summed E-state index contributed by atoms with van der Waals surface area (Å²) >= 11 is 5.98. The molecule has 3 aromatic carbocycles. The van der Waals surface area contributed by atoms with Gasteiger partial charge in [-0.2, -0.15) is 0 Å². The van der Waals surface area contributed by atoms with E-state index in [0.717, 1.165) is 24.0 Å². The van der Waals surface area contributed by atoms with Gasteiger partial charge in [0.2, 0.25) is 5.91 Å². The number of hydrogen-bond acceptors (Lipinski definition) is 4. The molecule has 0 aliphatic carbocycles. The third kappa shape index (κ3) is 9.48. The molecule has 6 nitrogen and oxygen atoms in total. The van der Waals surface area contributed by atoms with Gasteiger partial charge in [0.25, 0.3) is 0 Å². The molecule has 7 heteroatoms. The van der Waals surface area contributed by atoms with Crippen LogP contribution >= 0.6 is 11.6 Å². The third-order valence-corrected chi connectivity index (χ3v) is 6.61. The number of carbonyl (C=O) groups excluding carboxylic acids is 2. The van der Waals surface area contributed by atoms with Crippen LogP contribution in [0.2, 0.25) is 5.02 Å². The van der Waals surface area contributed by atoms with Crippen molar-refractivity contribution in [3.8, 4) is 0 Å². The van der Waals surface area contributed by atoms with E-state index in [1.165, 1.54) is 5.56 Å². The summed E-state index contributed by atoms with van der Waals surface area (Å²) in [5.74, 6) is -0.555. The lowest BCUT2D eigenvalue weighted by atomic mass is 9.95. The molecule has 1 amide bonds. The van der Waals surface area contributed by atoms with Crippen LogP contribution in [0.1, 0.15) is 42.0 Å². The summed E-state index contributed by atoms with van der Waals surface area (Å²) in [7, 11) is 0. The summed E-state index contributed by atoms with van der Waals surface area (Å²) in [6.45, 7) is 2.80. The third-order valence-electron chi connectivity index (χ3n) is 6.36. The van der Waals surface area contributed by atoms with Crippen LogP contribution in [0, 0.1) is 11.3 Å². The van der Waals surface area contributed by atoms with E-state index in [9.17, 15) is 9.59 Å². The van der Waals surface area contributed by atoms with Gasteiger partial charge in [-0.3, -0.25) is 15.0 Å². The molecule has 0 saturated heterocycles. The lowest BCUT2D eigenvalue weighted by molar-refractivity contribution is -0.129. The Kier molecular flexibility index (Phi) is 10.9. The van der Waals surface area contributed by atoms with Gasteiger partial charge < -0.3 is 16.4 Å². The average Bonchev–Trinajstić information content (AvgIpc) is 2.90. The van der Waals surface area contributed by atoms with Crippen molar-refractivity contribution < 1.29 is 9.59 Å². The molecule has 3 aromatic rings. The van der Waals surface area contributed by atoms with E-state index < -0.39 is 5.92 Å². The van der Waals surface area contributed by atoms with Crippen molar-refractivity contribution in [2.45, 2.75) is 45.2 Å². The predicted molar refractivity (Wildman–Crippen MR) is 150 cm³/mol. The van der Waals surface area contributed by atoms with E-state index >= 15 is 0 Å². The normalized spacial score (nSPS) is 12.5. The molecule has 3 rings (SSSR count). The van der Waals surface area contributed by atoms with Gasteiger partial charge in [-0.05, 0) is 54.6 Å². The Morgan fingerprint density at radius 2 is 1.51 bits per heavy atom. The molecule has 5 N–H and O–H groups in total. The van der Waals surface area contributed by atoms with E-state index in [2.05, 4.69) is 22.8 Å². The minimum atomic E-state index is -0.443. The number of rotatable bonds is 14. The van der Waals surface area contributed by atoms with Crippen molar-refractivity contribution >= 4 is 29.1 Å². The molecular weight excluding hydrogens is 484 g/mol. The molecule has 0 spiro atoms. The number of nitrogens with one attached hydrogen (secondary N) is 3. The number of amides is 1. The minimum absolute atomic E-state index is 0.00585. The summed E-state index contributed by atoms with van der Waals surface area (Å²) in [5.41, 5.74) is 9.36. The maximum atomic E-state index is 13.3. The second-order valence-corrected chi connectivity index (χ2v) is 9.74. The number of nitrogens with two attached hydrogens (primary N) is 1. The summed E-state index contributed by atoms with van der Waals surface area (Å²) in [5, 5.41) is 14.5. The van der Waals surface area contributed by atoms with Crippen LogP contribution in [0.15, 0.2) is 78.9 Å². The summed E-state index contributed by atoms with van der Waals surface area (Å²) < 4.78 is 0. The average molecular weight is 519 g/mol. The second-order valence-electron chi connectivity index (χ2n) is 9.31. The Bertz CT molecular complexity index is 1160. The molecule has 0 radical (unpaired) electrons. The lowest BCUT2D eigenvalue weighted by Gasteiger charge is -2.20. The van der Waals surface area contributed by atoms with Crippen LogP contribution < -0.4 is 16.4 Å². The van der Waals surface area contributed by atoms with Gasteiger partial charge in [0, 0.05) is 29.5 Å². The number of aryl methyl sites for hydroxylation is 1. The Labute approximate surface area is 224 Å². The minimum Gasteiger partial charge on any atom is -0.384 e. The zero-order valence-corrected chi connectivity index (χ0v) is 21.9. The van der Waals surface area contributed by atoms with Crippen molar-refractivity contribution in [1.82, 2.24) is 10.6 Å². The molecule has 0 heterocycles. The summed E-state index contributed by atoms with van der Waals surface area (Å²) in [6.07, 6.45) is 2.40. The van der Waals surface area contributed by atoms with Crippen LogP contribution in [-0.4, -0.2) is 30.1 Å². The standard InChI is InChI=1S/C30H35ClN4O2/c1-21(30(37)35-20-24-7-12-25(13-8-24)29(32)33)19-28(36)27(16-11-22-5-3-2-4-6-22)34-18-17-23-9-14-26(31)15-10-23/h2-10,12-15,21,27,34H,11,16-20H2,1H3,(H3,32,33)(H,35,37)/t21-,27-/m1/s1. The van der Waals surface area contributed by atoms with Crippen molar-refractivity contribution in [2.75, 3.05) is 6.54 Å². The smallest absolute Gasteiger partial charge is 0.223 e. The predicted octanol–water partition coefficient (Wildman–Crippen LogP) is 4.67. The van der Waals surface area contributed by atoms with Crippen LogP contribution in [0.3, 0.4) is 0 Å². The van der Waals surface area contributed by atoms with E-state index in [1.54, 1.807) is 19.1 Å². The maximum Gasteiger partial charge on any atom is 0.223 e. The van der Waals surface area contributed by atoms with Gasteiger partial charge in [0.15, 0.2) is 5.78 Å². The number of benzene rings is 3. The number of hydrogen-bond donors (Lipinski definition) is 4. The van der Waals surface area contributed by atoms with E-state index in [4.69, 9.17) is 22.7 Å². The number of halogens is 1. The zero-order chi connectivity index (χ0) is 26.6. The first-order chi connectivity index (χ1) is 17.8. The Hall–Kier alpha value is -3.48. The lowest BCUT2D eigenvalue weighted by Crippen LogP contribution is -2.40. The van der Waals surface area contributed by atoms with Gasteiger partial charge in [-0.25, -0.2) is 0 Å². The molecule has 0 aliphatic rings. The first-order valence-corrected chi connectivity index (χ1v) is 12.9. The number of amidine groups is 1. The molecule has 2 atom stereocenters. The van der Waals surface area contributed by atoms with Gasteiger partial charge in [0.05, 0.1) is 6.04 Å². The molecule has 0 aromatic heterocycles. The topological polar surface area (TPSA) is 108 Å². The highest BCUT2D eigenvalue weighted by Gasteiger charge is 2.23. The number of Topliss-reactive ketones (excluding diaryl/α,β-unsaturated/α-hetero) is 1. The highest BCUT2D eigenvalue weighted by Crippen LogP contribution is 2.13. The fourth-order valence-corrected chi connectivity index (χ4v) is 4.20. The summed E-state index contributed by atoms with van der Waals surface area (Å²) in [6, 6.07) is 24.7. The Morgan fingerprint density at radius 3 is 2.16 bits per heavy atom. The van der Waals surface area contributed by atoms with Gasteiger partial charge in [0.1, 0.15) is 5.84 Å². The highest BCUT2D eigenvalue weighted by atomic mass is 35.5. The number of carbonyl (C=O) groups is 2. The molecular formula is C30H35ClN4O2. The molecule has 194 valence electrons. The maximum absolute atomic E-state index is 13.3. The van der Waals surface area contributed by atoms with Crippen LogP contribution in [0.5, 0.6) is 0 Å². The molecule has 0 unspecified atom stereocenters. The summed E-state index contributed by atoms with van der Waals surface area (Å²) in [4.78, 5) is 26.0. The highest BCUT2D eigenvalue weighted by molar-refractivity contribution is 6.30. The first-order valence-electron chi connectivity index (χ1n) is 12.6. The zero-order valence-electron chi connectivity index (χ0n) is 21.2. The molecule has 37 heavy (non-hydrogen) atoms. The van der Waals surface area contributed by atoms with E-state index in [0.29, 0.717) is 30.1 Å². The SMILES string of the molecule is C[C@H](CC(=O)[C@@H](CCc1ccccc1)NCCc1ccc(Cl)cc1)C(=O)NCc1ccc(C(=N)N)cc1. The van der Waals surface area contributed by atoms with E-state index in [-0.39, 0.29) is 30.0 Å². The Morgan fingerprint density at radius 1 is 0.892 bits per heavy atom. The van der Waals surface area contributed by atoms with Crippen molar-refractivity contribution in [3.63, 3.8) is 0 Å². The van der Waals surface area contributed by atoms with E-state index in [1.807, 2.05) is 54.6 Å². The molecule has 0 saturated carbocycles. The van der Waals surface area contributed by atoms with Crippen molar-refractivity contribution in [2.24, 2.45) is 11.7 Å². The molecule has 0 aliphatic heterocycles. The van der Waals surface area contributed by atoms with Crippen molar-refractivity contribution in [3.05, 3.63) is 106 Å². The van der Waals surface area contributed by atoms with Gasteiger partial charge in [-0.15, -0.1) is 0 Å². The first kappa shape index (κ1) is 28.1. The number of nitrogen functional groups attached to an aromatic ring is 1. The second kappa shape index (κ2) is 14.3. The van der Waals surface area contributed by atoms with Crippen molar-refractivity contribution in [1.29, 1.82) is 5.41 Å².